The molecule has 0 unspecified atom stereocenters. The maximum atomic E-state index is 13.3. The average molecular weight is 901 g/mol. The fraction of sp³-hybridized carbons (Fsp3) is 0.333. The van der Waals surface area contributed by atoms with E-state index in [4.69, 9.17) is 39.9 Å². The number of nitrogens with two attached hydrogens (primary N) is 2. The number of amides is 2. The summed E-state index contributed by atoms with van der Waals surface area (Å²) in [5.74, 6) is -0.194. The number of amidine groups is 1. The zero-order valence-corrected chi connectivity index (χ0v) is 36.1. The lowest BCUT2D eigenvalue weighted by molar-refractivity contribution is -0.120. The fourth-order valence-electron chi connectivity index (χ4n) is 7.39. The van der Waals surface area contributed by atoms with E-state index in [2.05, 4.69) is 30.7 Å². The highest BCUT2D eigenvalue weighted by atomic mass is 35.5. The second-order valence-corrected chi connectivity index (χ2v) is 15.4. The van der Waals surface area contributed by atoms with Crippen molar-refractivity contribution in [1.29, 1.82) is 5.26 Å². The highest BCUT2D eigenvalue weighted by molar-refractivity contribution is 6.34. The molecule has 0 spiro atoms. The normalized spacial score (nSPS) is 14.0. The van der Waals surface area contributed by atoms with Gasteiger partial charge in [-0.05, 0) is 88.1 Å². The molecular formula is C42H45Cl2F2N15O2. The molecule has 9 rings (SSSR count). The number of nitriles is 1. The van der Waals surface area contributed by atoms with E-state index in [0.717, 1.165) is 72.1 Å². The van der Waals surface area contributed by atoms with Crippen molar-refractivity contribution in [3.8, 4) is 17.4 Å². The minimum absolute atomic E-state index is 0.0194. The summed E-state index contributed by atoms with van der Waals surface area (Å²) in [4.78, 5) is 33.9. The summed E-state index contributed by atoms with van der Waals surface area (Å²) in [6, 6.07) is 14.2. The van der Waals surface area contributed by atoms with Gasteiger partial charge in [-0.2, -0.15) is 25.7 Å². The highest BCUT2D eigenvalue weighted by Crippen LogP contribution is 2.31. The molecule has 63 heavy (non-hydrogen) atoms. The van der Waals surface area contributed by atoms with Crippen molar-refractivity contribution in [1.82, 2.24) is 44.4 Å². The zero-order chi connectivity index (χ0) is 44.8. The Morgan fingerprint density at radius 1 is 0.762 bits per heavy atom. The van der Waals surface area contributed by atoms with Crippen LogP contribution in [0.3, 0.4) is 0 Å². The average Bonchev–Trinajstić information content (AvgIpc) is 4.16. The molecule has 2 aromatic carbocycles. The van der Waals surface area contributed by atoms with Crippen LogP contribution < -0.4 is 26.6 Å². The van der Waals surface area contributed by atoms with Gasteiger partial charge in [0.25, 0.3) is 0 Å². The molecular weight excluding hydrogens is 855 g/mol. The molecule has 6 aromatic rings. The van der Waals surface area contributed by atoms with Crippen LogP contribution in [0.15, 0.2) is 65.9 Å². The molecule has 0 saturated heterocycles. The van der Waals surface area contributed by atoms with Crippen LogP contribution in [-0.4, -0.2) is 96.0 Å². The Hall–Kier alpha value is -6.46. The third-order valence-corrected chi connectivity index (χ3v) is 11.5. The molecule has 0 aliphatic carbocycles. The lowest BCUT2D eigenvalue weighted by atomic mass is 10.1. The molecule has 0 atom stereocenters. The van der Waals surface area contributed by atoms with Crippen molar-refractivity contribution in [2.75, 3.05) is 49.1 Å². The van der Waals surface area contributed by atoms with Crippen molar-refractivity contribution in [3.63, 3.8) is 0 Å². The van der Waals surface area contributed by atoms with Crippen molar-refractivity contribution in [3.05, 3.63) is 117 Å². The standard InChI is InChI=1S/C21H21ClFN7O.C19H16ClFN6O.C2H8N2/c1-13-19(22)20(21-24-8-9-25-21)27-29(13)12-18(31)28-10-2-3-16-17(28)11-26-30(16)15-6-4-14(23)5-7-15;1-12-19(20)15(9-22)24-26(12)11-18(28)25-8-2-3-16-17(25)10-23-27(16)14-6-4-13(21)5-7-14;3-1-2-4/h4-7,11H,2-3,8-10,12H2,1H3,(H,24,25);4-7,10H,2-3,8,11H2,1H3;1-4H2. The van der Waals surface area contributed by atoms with Gasteiger partial charge in [-0.3, -0.25) is 23.9 Å². The van der Waals surface area contributed by atoms with Crippen LogP contribution in [0, 0.1) is 36.8 Å². The van der Waals surface area contributed by atoms with Gasteiger partial charge in [0.2, 0.25) is 11.8 Å². The van der Waals surface area contributed by atoms with E-state index < -0.39 is 0 Å². The number of hydrogen-bond acceptors (Lipinski definition) is 11. The predicted octanol–water partition coefficient (Wildman–Crippen LogP) is 4.42. The summed E-state index contributed by atoms with van der Waals surface area (Å²) in [7, 11) is 0. The Morgan fingerprint density at radius 2 is 1.24 bits per heavy atom. The third kappa shape index (κ3) is 9.49. The summed E-state index contributed by atoms with van der Waals surface area (Å²) in [6.45, 7) is 7.42. The Bertz CT molecular complexity index is 2680. The minimum Gasteiger partial charge on any atom is -0.367 e. The van der Waals surface area contributed by atoms with Gasteiger partial charge in [0.1, 0.15) is 36.5 Å². The molecule has 5 N–H and O–H groups in total. The maximum absolute atomic E-state index is 13.3. The second-order valence-electron chi connectivity index (χ2n) is 14.7. The number of nitrogens with one attached hydrogen (secondary N) is 1. The van der Waals surface area contributed by atoms with Crippen molar-refractivity contribution in [2.45, 2.75) is 52.6 Å². The van der Waals surface area contributed by atoms with E-state index in [1.165, 1.54) is 28.9 Å². The Labute approximate surface area is 371 Å². The van der Waals surface area contributed by atoms with Gasteiger partial charge in [-0.15, -0.1) is 0 Å². The summed E-state index contributed by atoms with van der Waals surface area (Å²) >= 11 is 12.5. The van der Waals surface area contributed by atoms with Crippen LogP contribution in [0.2, 0.25) is 10.0 Å². The van der Waals surface area contributed by atoms with Crippen LogP contribution in [0.1, 0.15) is 47.0 Å². The molecule has 328 valence electrons. The van der Waals surface area contributed by atoms with Gasteiger partial charge in [0.05, 0.1) is 74.5 Å². The van der Waals surface area contributed by atoms with Gasteiger partial charge in [0.15, 0.2) is 11.5 Å². The first kappa shape index (κ1) is 44.6. The predicted molar refractivity (Wildman–Crippen MR) is 235 cm³/mol. The first-order valence-corrected chi connectivity index (χ1v) is 21.0. The van der Waals surface area contributed by atoms with Crippen LogP contribution in [0.25, 0.3) is 11.4 Å². The van der Waals surface area contributed by atoms with Gasteiger partial charge < -0.3 is 26.6 Å². The topological polar surface area (TPSA) is 212 Å². The molecule has 3 aliphatic heterocycles. The third-order valence-electron chi connectivity index (χ3n) is 10.6. The Kier molecular flexibility index (Phi) is 14.0. The van der Waals surface area contributed by atoms with Gasteiger partial charge in [-0.25, -0.2) is 18.1 Å². The molecule has 0 radical (unpaired) electrons. The van der Waals surface area contributed by atoms with Crippen LogP contribution in [-0.2, 0) is 35.5 Å². The fourth-order valence-corrected chi connectivity index (χ4v) is 7.79. The molecule has 3 aliphatic rings. The maximum Gasteiger partial charge on any atom is 0.248 e. The number of carbonyl (C=O) groups excluding carboxylic acids is 2. The summed E-state index contributed by atoms with van der Waals surface area (Å²) in [5.41, 5.74) is 16.6. The molecule has 0 saturated carbocycles. The molecule has 17 nitrogen and oxygen atoms in total. The van der Waals surface area contributed by atoms with Crippen LogP contribution >= 0.6 is 23.2 Å². The number of fused-ring (bicyclic) bond motifs is 2. The first-order valence-electron chi connectivity index (χ1n) is 20.2. The number of carbonyl (C=O) groups is 2. The van der Waals surface area contributed by atoms with Gasteiger partial charge >= 0.3 is 0 Å². The van der Waals surface area contributed by atoms with Crippen LogP contribution in [0.5, 0.6) is 0 Å². The zero-order valence-electron chi connectivity index (χ0n) is 34.6. The van der Waals surface area contributed by atoms with Crippen molar-refractivity contribution < 1.29 is 18.4 Å². The molecule has 0 fully saturated rings. The Balaban J connectivity index is 0.000000175. The monoisotopic (exact) mass is 899 g/mol. The number of halogens is 4. The lowest BCUT2D eigenvalue weighted by Crippen LogP contribution is -2.38. The van der Waals surface area contributed by atoms with Crippen molar-refractivity contribution in [2.24, 2.45) is 16.5 Å². The Morgan fingerprint density at radius 3 is 1.67 bits per heavy atom. The summed E-state index contributed by atoms with van der Waals surface area (Å²) < 4.78 is 33.1. The summed E-state index contributed by atoms with van der Waals surface area (Å²) in [5, 5.41) is 30.5. The van der Waals surface area contributed by atoms with E-state index in [0.29, 0.717) is 55.0 Å². The van der Waals surface area contributed by atoms with E-state index >= 15 is 0 Å². The summed E-state index contributed by atoms with van der Waals surface area (Å²) in [6.07, 6.45) is 6.51. The van der Waals surface area contributed by atoms with E-state index in [9.17, 15) is 18.4 Å². The second kappa shape index (κ2) is 19.7. The molecule has 2 amide bonds. The molecule has 4 aromatic heterocycles. The quantitative estimate of drug-likeness (QED) is 0.196. The SMILES string of the molecule is Cc1c(Cl)c(C#N)nn1CC(=O)N1CCCc2c1cnn2-c1ccc(F)cc1.Cc1c(Cl)c(C2=NCCN2)nn1CC(=O)N1CCCc2c1cnn2-c1ccc(F)cc1.NCCN. The van der Waals surface area contributed by atoms with Gasteiger partial charge in [-0.1, -0.05) is 23.2 Å². The number of hydrogen-bond donors (Lipinski definition) is 3. The first-order chi connectivity index (χ1) is 30.4. The molecule has 7 heterocycles. The number of aromatic nitrogens is 8. The smallest absolute Gasteiger partial charge is 0.248 e. The molecule has 0 bridgehead atoms. The number of benzene rings is 2. The lowest BCUT2D eigenvalue weighted by Gasteiger charge is -2.27. The number of nitrogens with zero attached hydrogens (tertiary/aromatic N) is 12. The minimum atomic E-state index is -0.313. The van der Waals surface area contributed by atoms with Crippen LogP contribution in [0.4, 0.5) is 20.2 Å². The van der Waals surface area contributed by atoms with E-state index in [1.807, 2.05) is 13.0 Å². The van der Waals surface area contributed by atoms with E-state index in [-0.39, 0.29) is 47.3 Å². The van der Waals surface area contributed by atoms with Gasteiger partial charge in [0, 0.05) is 32.7 Å². The number of anilines is 2. The number of rotatable bonds is 8. The highest BCUT2D eigenvalue weighted by Gasteiger charge is 2.30. The number of aliphatic imine (C=N–C) groups is 1. The van der Waals surface area contributed by atoms with E-state index in [1.54, 1.807) is 67.4 Å². The van der Waals surface area contributed by atoms with Crippen molar-refractivity contribution >= 4 is 52.2 Å². The molecule has 21 heteroatoms. The largest absolute Gasteiger partial charge is 0.367 e.